The Hall–Kier alpha value is -2.10. The van der Waals surface area contributed by atoms with Crippen molar-refractivity contribution in [1.82, 2.24) is 5.10 Å². The lowest BCUT2D eigenvalue weighted by Crippen LogP contribution is -2.30. The molecule has 1 aromatic heterocycles. The number of benzene rings is 1. The summed E-state index contributed by atoms with van der Waals surface area (Å²) >= 11 is 0. The largest absolute Gasteiger partial charge is 0.320 e. The summed E-state index contributed by atoms with van der Waals surface area (Å²) in [6, 6.07) is 9.66. The van der Waals surface area contributed by atoms with Crippen LogP contribution in [0.25, 0.3) is 0 Å². The van der Waals surface area contributed by atoms with Crippen LogP contribution in [0.4, 0.5) is 5.69 Å². The van der Waals surface area contributed by atoms with Crippen LogP contribution in [-0.4, -0.2) is 11.0 Å². The number of carbonyl (C=O) groups is 1. The van der Waals surface area contributed by atoms with Crippen molar-refractivity contribution in [2.24, 2.45) is 7.05 Å². The Kier molecular flexibility index (Phi) is 3.42. The van der Waals surface area contributed by atoms with E-state index in [9.17, 15) is 4.79 Å². The van der Waals surface area contributed by atoms with Crippen LogP contribution in [0.15, 0.2) is 36.5 Å². The van der Waals surface area contributed by atoms with E-state index in [-0.39, 0.29) is 11.3 Å². The highest BCUT2D eigenvalue weighted by atomic mass is 16.1. The molecule has 2 rings (SSSR count). The van der Waals surface area contributed by atoms with Crippen LogP contribution in [0.3, 0.4) is 0 Å². The highest BCUT2D eigenvalue weighted by Gasteiger charge is 2.19. The third kappa shape index (κ3) is 3.02. The molecule has 0 saturated carbocycles. The van der Waals surface area contributed by atoms with Crippen LogP contribution in [0, 0.1) is 0 Å². The van der Waals surface area contributed by atoms with Gasteiger partial charge in [0.05, 0.1) is 0 Å². The molecule has 0 aliphatic carbocycles. The van der Waals surface area contributed by atoms with Crippen molar-refractivity contribution >= 4 is 11.6 Å². The van der Waals surface area contributed by atoms with Gasteiger partial charge in [-0.1, -0.05) is 39.0 Å². The molecule has 0 atom stereocenters. The average molecular weight is 258 g/mol. The van der Waals surface area contributed by atoms with E-state index in [1.165, 1.54) is 0 Å². The molecule has 0 radical (unpaired) electrons. The summed E-state index contributed by atoms with van der Waals surface area (Å²) in [5, 5.41) is 5.92. The first-order valence-corrected chi connectivity index (χ1v) is 6.33. The lowest BCUT2D eigenvalue weighted by molar-refractivity contribution is -0.726. The lowest BCUT2D eigenvalue weighted by atomic mass is 9.86. The van der Waals surface area contributed by atoms with Crippen molar-refractivity contribution in [1.29, 1.82) is 0 Å². The zero-order valence-corrected chi connectivity index (χ0v) is 11.8. The van der Waals surface area contributed by atoms with E-state index in [1.54, 1.807) is 10.7 Å². The molecule has 0 fully saturated rings. The maximum absolute atomic E-state index is 12.2. The molecule has 0 aliphatic rings. The van der Waals surface area contributed by atoms with Crippen LogP contribution < -0.4 is 10.00 Å². The van der Waals surface area contributed by atoms with Crippen LogP contribution in [-0.2, 0) is 12.5 Å². The van der Waals surface area contributed by atoms with Gasteiger partial charge in [-0.2, -0.15) is 5.10 Å². The van der Waals surface area contributed by atoms with Crippen LogP contribution in [0.1, 0.15) is 36.8 Å². The third-order valence-electron chi connectivity index (χ3n) is 2.99. The molecule has 0 bridgehead atoms. The van der Waals surface area contributed by atoms with Crippen molar-refractivity contribution in [3.8, 4) is 0 Å². The zero-order chi connectivity index (χ0) is 14.0. The molecule has 2 aromatic rings. The molecule has 0 unspecified atom stereocenters. The molecule has 2 N–H and O–H groups in total. The first-order chi connectivity index (χ1) is 8.88. The number of hydrogen-bond acceptors (Lipinski definition) is 1. The number of nitrogens with one attached hydrogen (secondary N) is 2. The van der Waals surface area contributed by atoms with E-state index in [0.717, 1.165) is 11.3 Å². The smallest absolute Gasteiger partial charge is 0.277 e. The van der Waals surface area contributed by atoms with E-state index < -0.39 is 0 Å². The molecule has 4 nitrogen and oxygen atoms in total. The SMILES string of the molecule is C[n+]1ccc(C(=O)Nc2ccccc2C(C)(C)C)[nH]1. The molecule has 100 valence electrons. The van der Waals surface area contributed by atoms with Gasteiger partial charge in [0.15, 0.2) is 18.9 Å². The maximum atomic E-state index is 12.2. The summed E-state index contributed by atoms with van der Waals surface area (Å²) in [4.78, 5) is 12.2. The summed E-state index contributed by atoms with van der Waals surface area (Å²) in [6.07, 6.45) is 1.81. The number of H-pyrrole nitrogens is 1. The second-order valence-corrected chi connectivity index (χ2v) is 5.70. The Labute approximate surface area is 113 Å². The Morgan fingerprint density at radius 2 is 1.89 bits per heavy atom. The number of carbonyl (C=O) groups excluding carboxylic acids is 1. The fraction of sp³-hybridized carbons (Fsp3) is 0.333. The molecule has 0 aliphatic heterocycles. The number of nitrogens with zero attached hydrogens (tertiary/aromatic N) is 1. The van der Waals surface area contributed by atoms with Crippen LogP contribution in [0.5, 0.6) is 0 Å². The number of anilines is 1. The van der Waals surface area contributed by atoms with Crippen LogP contribution >= 0.6 is 0 Å². The standard InChI is InChI=1S/C15H19N3O/c1-15(2,3)11-7-5-6-8-12(11)16-14(19)13-9-10-18(4)17-13/h5-10H,1-4H3,(H,16,19)/p+1. The molecule has 0 spiro atoms. The third-order valence-corrected chi connectivity index (χ3v) is 2.99. The Bertz CT molecular complexity index is 593. The minimum absolute atomic E-state index is 0.00965. The van der Waals surface area contributed by atoms with Gasteiger partial charge in [0.2, 0.25) is 0 Å². The zero-order valence-electron chi connectivity index (χ0n) is 11.8. The van der Waals surface area contributed by atoms with Gasteiger partial charge < -0.3 is 5.32 Å². The van der Waals surface area contributed by atoms with Gasteiger partial charge in [0.1, 0.15) is 0 Å². The minimum Gasteiger partial charge on any atom is -0.320 e. The Morgan fingerprint density at radius 3 is 2.47 bits per heavy atom. The van der Waals surface area contributed by atoms with Crippen molar-refractivity contribution < 1.29 is 9.48 Å². The van der Waals surface area contributed by atoms with Crippen molar-refractivity contribution in [2.45, 2.75) is 26.2 Å². The molecular weight excluding hydrogens is 238 g/mol. The summed E-state index contributed by atoms with van der Waals surface area (Å²) in [5.74, 6) is -0.127. The van der Waals surface area contributed by atoms with Gasteiger partial charge in [-0.25, -0.2) is 0 Å². The maximum Gasteiger partial charge on any atom is 0.277 e. The predicted octanol–water partition coefficient (Wildman–Crippen LogP) is 2.39. The van der Waals surface area contributed by atoms with Gasteiger partial charge in [-0.15, -0.1) is 4.68 Å². The summed E-state index contributed by atoms with van der Waals surface area (Å²) < 4.78 is 1.74. The highest BCUT2D eigenvalue weighted by Crippen LogP contribution is 2.29. The number of aromatic nitrogens is 2. The second-order valence-electron chi connectivity index (χ2n) is 5.70. The Morgan fingerprint density at radius 1 is 1.21 bits per heavy atom. The number of para-hydroxylation sites is 1. The molecule has 0 saturated heterocycles. The minimum atomic E-state index is -0.127. The van der Waals surface area contributed by atoms with Gasteiger partial charge in [-0.3, -0.25) is 4.79 Å². The highest BCUT2D eigenvalue weighted by molar-refractivity contribution is 6.03. The average Bonchev–Trinajstić information content (AvgIpc) is 2.75. The van der Waals surface area contributed by atoms with Crippen molar-refractivity contribution in [3.63, 3.8) is 0 Å². The van der Waals surface area contributed by atoms with E-state index in [0.29, 0.717) is 5.69 Å². The normalized spacial score (nSPS) is 11.4. The van der Waals surface area contributed by atoms with Crippen LogP contribution in [0.2, 0.25) is 0 Å². The van der Waals surface area contributed by atoms with E-state index in [4.69, 9.17) is 0 Å². The van der Waals surface area contributed by atoms with E-state index >= 15 is 0 Å². The Balaban J connectivity index is 2.27. The van der Waals surface area contributed by atoms with E-state index in [2.05, 4.69) is 31.2 Å². The quantitative estimate of drug-likeness (QED) is 0.798. The first-order valence-electron chi connectivity index (χ1n) is 6.33. The second kappa shape index (κ2) is 4.88. The molecule has 1 aromatic carbocycles. The summed E-state index contributed by atoms with van der Waals surface area (Å²) in [5.41, 5.74) is 2.52. The summed E-state index contributed by atoms with van der Waals surface area (Å²) in [7, 11) is 1.85. The van der Waals surface area contributed by atoms with Crippen molar-refractivity contribution in [3.05, 3.63) is 47.8 Å². The van der Waals surface area contributed by atoms with Gasteiger partial charge >= 0.3 is 0 Å². The van der Waals surface area contributed by atoms with Gasteiger partial charge in [-0.05, 0) is 17.0 Å². The predicted molar refractivity (Wildman–Crippen MR) is 75.1 cm³/mol. The lowest BCUT2D eigenvalue weighted by Gasteiger charge is -2.22. The van der Waals surface area contributed by atoms with Gasteiger partial charge in [0.25, 0.3) is 5.91 Å². The summed E-state index contributed by atoms with van der Waals surface area (Å²) in [6.45, 7) is 6.39. The number of hydrogen-bond donors (Lipinski definition) is 2. The number of aryl methyl sites for hydroxylation is 1. The van der Waals surface area contributed by atoms with Crippen molar-refractivity contribution in [2.75, 3.05) is 5.32 Å². The topological polar surface area (TPSA) is 48.8 Å². The molecule has 1 heterocycles. The molecule has 1 amide bonds. The van der Waals surface area contributed by atoms with Gasteiger partial charge in [0, 0.05) is 11.8 Å². The number of rotatable bonds is 2. The number of aromatic amines is 1. The molecule has 4 heteroatoms. The molecule has 19 heavy (non-hydrogen) atoms. The monoisotopic (exact) mass is 258 g/mol. The molecular formula is C15H20N3O+. The first kappa shape index (κ1) is 13.3. The van der Waals surface area contributed by atoms with E-state index in [1.807, 2.05) is 37.5 Å². The fourth-order valence-electron chi connectivity index (χ4n) is 2.01. The fourth-order valence-corrected chi connectivity index (χ4v) is 2.01. The number of amides is 1.